The highest BCUT2D eigenvalue weighted by molar-refractivity contribution is 5.93. The van der Waals surface area contributed by atoms with E-state index in [9.17, 15) is 9.59 Å². The summed E-state index contributed by atoms with van der Waals surface area (Å²) >= 11 is 0. The molecule has 0 saturated heterocycles. The van der Waals surface area contributed by atoms with Crippen LogP contribution >= 0.6 is 0 Å². The predicted molar refractivity (Wildman–Crippen MR) is 190 cm³/mol. The SMILES string of the molecule is CCCC(C)(NC1CCCCC(NC(=O)COC2CCCCCCCC2)CCC1)C(=O)C(C)(CC)C1CCCCCCCCC1. The molecule has 0 bridgehead atoms. The van der Waals surface area contributed by atoms with Gasteiger partial charge in [0, 0.05) is 17.5 Å². The third kappa shape index (κ3) is 13.2. The molecule has 3 aliphatic rings. The normalized spacial score (nSPS) is 27.2. The van der Waals surface area contributed by atoms with Gasteiger partial charge in [-0.1, -0.05) is 124 Å². The molecule has 3 rings (SSSR count). The van der Waals surface area contributed by atoms with E-state index in [1.165, 1.54) is 96.3 Å². The van der Waals surface area contributed by atoms with Crippen molar-refractivity contribution in [1.29, 1.82) is 0 Å². The molecule has 3 aliphatic carbocycles. The minimum atomic E-state index is -0.478. The lowest BCUT2D eigenvalue weighted by Crippen LogP contribution is -2.59. The predicted octanol–water partition coefficient (Wildman–Crippen LogP) is 10.4. The van der Waals surface area contributed by atoms with Gasteiger partial charge in [0.1, 0.15) is 6.61 Å². The summed E-state index contributed by atoms with van der Waals surface area (Å²) in [4.78, 5) is 27.6. The van der Waals surface area contributed by atoms with Gasteiger partial charge in [0.25, 0.3) is 0 Å². The Labute approximate surface area is 278 Å². The maximum absolute atomic E-state index is 14.7. The van der Waals surface area contributed by atoms with Crippen LogP contribution in [-0.2, 0) is 14.3 Å². The lowest BCUT2D eigenvalue weighted by atomic mass is 9.62. The lowest BCUT2D eigenvalue weighted by molar-refractivity contribution is -0.139. The Kier molecular flexibility index (Phi) is 18.1. The molecule has 0 aromatic heterocycles. The van der Waals surface area contributed by atoms with E-state index >= 15 is 0 Å². The van der Waals surface area contributed by atoms with E-state index in [4.69, 9.17) is 4.74 Å². The Morgan fingerprint density at radius 1 is 0.622 bits per heavy atom. The van der Waals surface area contributed by atoms with Crippen LogP contribution in [-0.4, -0.2) is 42.0 Å². The molecule has 4 unspecified atom stereocenters. The highest BCUT2D eigenvalue weighted by Gasteiger charge is 2.47. The van der Waals surface area contributed by atoms with Crippen molar-refractivity contribution in [3.8, 4) is 0 Å². The van der Waals surface area contributed by atoms with Crippen LogP contribution in [0, 0.1) is 11.3 Å². The number of carbonyl (C=O) groups excluding carboxylic acids is 2. The van der Waals surface area contributed by atoms with Crippen LogP contribution < -0.4 is 10.6 Å². The van der Waals surface area contributed by atoms with Crippen LogP contribution in [0.3, 0.4) is 0 Å². The van der Waals surface area contributed by atoms with Crippen molar-refractivity contribution in [2.24, 2.45) is 11.3 Å². The number of hydrogen-bond donors (Lipinski definition) is 2. The van der Waals surface area contributed by atoms with Gasteiger partial charge in [-0.15, -0.1) is 0 Å². The number of Topliss-reactive ketones (excluding diaryl/α,β-unsaturated/α-hetero) is 1. The summed E-state index contributed by atoms with van der Waals surface area (Å²) in [6.45, 7) is 9.26. The number of ketones is 1. The van der Waals surface area contributed by atoms with Crippen molar-refractivity contribution in [3.63, 3.8) is 0 Å². The van der Waals surface area contributed by atoms with Gasteiger partial charge < -0.3 is 15.4 Å². The Balaban J connectivity index is 1.55. The van der Waals surface area contributed by atoms with Gasteiger partial charge in [0.05, 0.1) is 11.6 Å². The summed E-state index contributed by atoms with van der Waals surface area (Å²) in [6.07, 6.45) is 32.4. The summed E-state index contributed by atoms with van der Waals surface area (Å²) in [6, 6.07) is 0.594. The molecule has 1 amide bonds. The van der Waals surface area contributed by atoms with Crippen molar-refractivity contribution in [2.75, 3.05) is 6.61 Å². The highest BCUT2D eigenvalue weighted by Crippen LogP contribution is 2.43. The van der Waals surface area contributed by atoms with Gasteiger partial charge in [-0.25, -0.2) is 0 Å². The second-order valence-corrected chi connectivity index (χ2v) is 15.9. The third-order valence-corrected chi connectivity index (χ3v) is 12.1. The van der Waals surface area contributed by atoms with Gasteiger partial charge in [-0.2, -0.15) is 0 Å². The molecule has 4 atom stereocenters. The van der Waals surface area contributed by atoms with Crippen LogP contribution in [0.4, 0.5) is 0 Å². The Bertz CT molecular complexity index is 812. The largest absolute Gasteiger partial charge is 0.368 e. The smallest absolute Gasteiger partial charge is 0.246 e. The lowest BCUT2D eigenvalue weighted by Gasteiger charge is -2.45. The quantitative estimate of drug-likeness (QED) is 0.225. The first-order chi connectivity index (χ1) is 21.8. The van der Waals surface area contributed by atoms with Gasteiger partial charge in [-0.05, 0) is 83.5 Å². The first-order valence-electron chi connectivity index (χ1n) is 20.0. The molecule has 0 heterocycles. The monoisotopic (exact) mass is 631 g/mol. The first kappa shape index (κ1) is 38.5. The van der Waals surface area contributed by atoms with Gasteiger partial charge in [0.15, 0.2) is 5.78 Å². The van der Waals surface area contributed by atoms with Crippen LogP contribution in [0.2, 0.25) is 0 Å². The fraction of sp³-hybridized carbons (Fsp3) is 0.950. The number of rotatable bonds is 12. The van der Waals surface area contributed by atoms with Crippen molar-refractivity contribution < 1.29 is 14.3 Å². The summed E-state index contributed by atoms with van der Waals surface area (Å²) in [7, 11) is 0. The van der Waals surface area contributed by atoms with Gasteiger partial charge >= 0.3 is 0 Å². The number of ether oxygens (including phenoxy) is 1. The van der Waals surface area contributed by atoms with Gasteiger partial charge in [0.2, 0.25) is 5.91 Å². The summed E-state index contributed by atoms with van der Waals surface area (Å²) in [5, 5.41) is 7.37. The molecule has 262 valence electrons. The molecule has 45 heavy (non-hydrogen) atoms. The van der Waals surface area contributed by atoms with Crippen LogP contribution in [0.5, 0.6) is 0 Å². The van der Waals surface area contributed by atoms with E-state index in [1.807, 2.05) is 0 Å². The molecule has 0 aromatic carbocycles. The molecular formula is C40H74N2O3. The van der Waals surface area contributed by atoms with Crippen LogP contribution in [0.1, 0.15) is 201 Å². The van der Waals surface area contributed by atoms with Gasteiger partial charge in [-0.3, -0.25) is 9.59 Å². The molecule has 0 radical (unpaired) electrons. The molecule has 2 N–H and O–H groups in total. The molecule has 0 aliphatic heterocycles. The Morgan fingerprint density at radius 3 is 1.64 bits per heavy atom. The molecule has 0 aromatic rings. The summed E-state index contributed by atoms with van der Waals surface area (Å²) < 4.78 is 6.13. The number of carbonyl (C=O) groups is 2. The Morgan fingerprint density at radius 2 is 1.09 bits per heavy atom. The molecular weight excluding hydrogens is 556 g/mol. The second kappa shape index (κ2) is 21.1. The zero-order chi connectivity index (χ0) is 32.4. The van der Waals surface area contributed by atoms with E-state index in [0.29, 0.717) is 17.7 Å². The Hall–Kier alpha value is -0.940. The van der Waals surface area contributed by atoms with Crippen LogP contribution in [0.15, 0.2) is 0 Å². The van der Waals surface area contributed by atoms with E-state index in [2.05, 4.69) is 38.3 Å². The van der Waals surface area contributed by atoms with Crippen molar-refractivity contribution in [3.05, 3.63) is 0 Å². The number of amides is 1. The van der Waals surface area contributed by atoms with E-state index in [-0.39, 0.29) is 30.1 Å². The molecule has 3 saturated carbocycles. The number of hydrogen-bond acceptors (Lipinski definition) is 4. The fourth-order valence-corrected chi connectivity index (χ4v) is 9.11. The maximum Gasteiger partial charge on any atom is 0.246 e. The molecule has 0 spiro atoms. The summed E-state index contributed by atoms with van der Waals surface area (Å²) in [5.74, 6) is 1.04. The van der Waals surface area contributed by atoms with Crippen molar-refractivity contribution >= 4 is 11.7 Å². The third-order valence-electron chi connectivity index (χ3n) is 12.1. The maximum atomic E-state index is 14.7. The molecule has 3 fully saturated rings. The van der Waals surface area contributed by atoms with Crippen molar-refractivity contribution in [2.45, 2.75) is 225 Å². The highest BCUT2D eigenvalue weighted by atomic mass is 16.5. The van der Waals surface area contributed by atoms with E-state index in [1.54, 1.807) is 0 Å². The zero-order valence-electron chi connectivity index (χ0n) is 30.3. The fourth-order valence-electron chi connectivity index (χ4n) is 9.11. The van der Waals surface area contributed by atoms with Crippen LogP contribution in [0.25, 0.3) is 0 Å². The number of nitrogens with one attached hydrogen (secondary N) is 2. The first-order valence-corrected chi connectivity index (χ1v) is 20.0. The average molecular weight is 631 g/mol. The minimum Gasteiger partial charge on any atom is -0.368 e. The molecule has 5 heteroatoms. The zero-order valence-corrected chi connectivity index (χ0v) is 30.3. The average Bonchev–Trinajstić information content (AvgIpc) is 3.24. The standard InChI is InChI=1S/C40H74N2O3/c1-5-31-40(4,38(44)39(3,6-2)33-23-16-12-8-7-9-13-17-24-33)42-35-26-21-20-25-34(27-22-28-35)41-37(43)32-45-36-29-18-14-10-11-15-19-30-36/h33-36,42H,5-32H2,1-4H3,(H,41,43). The molecule has 5 nitrogen and oxygen atoms in total. The second-order valence-electron chi connectivity index (χ2n) is 15.9. The van der Waals surface area contributed by atoms with Crippen molar-refractivity contribution in [1.82, 2.24) is 10.6 Å². The van der Waals surface area contributed by atoms with E-state index < -0.39 is 5.54 Å². The summed E-state index contributed by atoms with van der Waals surface area (Å²) in [5.41, 5.74) is -0.740. The minimum absolute atomic E-state index is 0.0642. The topological polar surface area (TPSA) is 67.4 Å². The van der Waals surface area contributed by atoms with E-state index in [0.717, 1.165) is 77.0 Å².